The summed E-state index contributed by atoms with van der Waals surface area (Å²) >= 11 is 3.33. The molecule has 15 heavy (non-hydrogen) atoms. The highest BCUT2D eigenvalue weighted by molar-refractivity contribution is 9.10. The number of halogens is 1. The quantitative estimate of drug-likeness (QED) is 0.894. The summed E-state index contributed by atoms with van der Waals surface area (Å²) in [5.41, 5.74) is 0.152. The maximum Gasteiger partial charge on any atom is 0.0982 e. The highest BCUT2D eigenvalue weighted by atomic mass is 79.9. The van der Waals surface area contributed by atoms with Gasteiger partial charge in [0, 0.05) is 35.8 Å². The molecule has 1 aromatic heterocycles. The van der Waals surface area contributed by atoms with Gasteiger partial charge >= 0.3 is 0 Å². The van der Waals surface area contributed by atoms with Gasteiger partial charge < -0.3 is 9.84 Å². The maximum atomic E-state index is 10.3. The molecule has 3 nitrogen and oxygen atoms in total. The van der Waals surface area contributed by atoms with Crippen LogP contribution in [-0.4, -0.2) is 28.4 Å². The predicted molar refractivity (Wildman–Crippen MR) is 60.6 cm³/mol. The largest absolute Gasteiger partial charge is 0.387 e. The molecule has 1 aliphatic rings. The van der Waals surface area contributed by atoms with E-state index in [-0.39, 0.29) is 6.10 Å². The van der Waals surface area contributed by atoms with Crippen molar-refractivity contribution in [1.82, 2.24) is 4.98 Å². The molecule has 2 heterocycles. The van der Waals surface area contributed by atoms with Gasteiger partial charge in [-0.25, -0.2) is 0 Å². The smallest absolute Gasteiger partial charge is 0.0982 e. The average Bonchev–Trinajstić information content (AvgIpc) is 2.51. The molecule has 0 aromatic carbocycles. The topological polar surface area (TPSA) is 42.4 Å². The van der Waals surface area contributed by atoms with Crippen molar-refractivity contribution in [2.75, 3.05) is 6.61 Å². The SMILES string of the molecule is CC1OCCC1(O)Cc1ccc(Br)cn1. The number of nitrogens with zero attached hydrogens (tertiary/aromatic N) is 1. The molecule has 0 saturated carbocycles. The molecule has 2 atom stereocenters. The molecule has 82 valence electrons. The van der Waals surface area contributed by atoms with Gasteiger partial charge in [0.1, 0.15) is 0 Å². The van der Waals surface area contributed by atoms with E-state index >= 15 is 0 Å². The Labute approximate surface area is 97.6 Å². The maximum absolute atomic E-state index is 10.3. The summed E-state index contributed by atoms with van der Waals surface area (Å²) in [5.74, 6) is 0. The van der Waals surface area contributed by atoms with Crippen LogP contribution in [0.15, 0.2) is 22.8 Å². The Morgan fingerprint density at radius 2 is 2.47 bits per heavy atom. The molecule has 2 rings (SSSR count). The van der Waals surface area contributed by atoms with Gasteiger partial charge in [-0.15, -0.1) is 0 Å². The van der Waals surface area contributed by atoms with Gasteiger partial charge in [0.15, 0.2) is 0 Å². The predicted octanol–water partition coefficient (Wildman–Crippen LogP) is 1.93. The van der Waals surface area contributed by atoms with E-state index in [1.165, 1.54) is 0 Å². The van der Waals surface area contributed by atoms with Gasteiger partial charge in [-0.2, -0.15) is 0 Å². The van der Waals surface area contributed by atoms with Gasteiger partial charge in [0.2, 0.25) is 0 Å². The first-order valence-corrected chi connectivity index (χ1v) is 5.84. The van der Waals surface area contributed by atoms with Crippen molar-refractivity contribution >= 4 is 15.9 Å². The third-order valence-electron chi connectivity index (χ3n) is 2.94. The zero-order chi connectivity index (χ0) is 10.9. The second-order valence-corrected chi connectivity index (χ2v) is 4.93. The summed E-state index contributed by atoms with van der Waals surface area (Å²) in [4.78, 5) is 4.26. The third-order valence-corrected chi connectivity index (χ3v) is 3.40. The molecule has 0 bridgehead atoms. The second kappa shape index (κ2) is 4.20. The number of hydrogen-bond donors (Lipinski definition) is 1. The molecule has 2 unspecified atom stereocenters. The molecule has 1 fully saturated rings. The first-order valence-electron chi connectivity index (χ1n) is 5.04. The average molecular weight is 272 g/mol. The van der Waals surface area contributed by atoms with Crippen LogP contribution < -0.4 is 0 Å². The number of hydrogen-bond acceptors (Lipinski definition) is 3. The van der Waals surface area contributed by atoms with Crippen LogP contribution in [0, 0.1) is 0 Å². The second-order valence-electron chi connectivity index (χ2n) is 4.01. The molecule has 0 spiro atoms. The zero-order valence-corrected chi connectivity index (χ0v) is 10.2. The Bertz CT molecular complexity index is 341. The number of aliphatic hydroxyl groups is 1. The van der Waals surface area contributed by atoms with Gasteiger partial charge in [-0.1, -0.05) is 0 Å². The van der Waals surface area contributed by atoms with Crippen LogP contribution in [-0.2, 0) is 11.2 Å². The Morgan fingerprint density at radius 3 is 3.00 bits per heavy atom. The van der Waals surface area contributed by atoms with Crippen molar-refractivity contribution in [1.29, 1.82) is 0 Å². The van der Waals surface area contributed by atoms with Crippen LogP contribution in [0.4, 0.5) is 0 Å². The lowest BCUT2D eigenvalue weighted by atomic mass is 9.91. The van der Waals surface area contributed by atoms with E-state index in [2.05, 4.69) is 20.9 Å². The van der Waals surface area contributed by atoms with Crippen LogP contribution in [0.1, 0.15) is 19.0 Å². The van der Waals surface area contributed by atoms with Gasteiger partial charge in [-0.3, -0.25) is 4.98 Å². The summed E-state index contributed by atoms with van der Waals surface area (Å²) < 4.78 is 6.33. The monoisotopic (exact) mass is 271 g/mol. The molecule has 1 aliphatic heterocycles. The molecule has 0 radical (unpaired) electrons. The van der Waals surface area contributed by atoms with E-state index in [0.717, 1.165) is 10.2 Å². The summed E-state index contributed by atoms with van der Waals surface area (Å²) in [6.07, 6.45) is 2.88. The molecular weight excluding hydrogens is 258 g/mol. The number of ether oxygens (including phenoxy) is 1. The fourth-order valence-electron chi connectivity index (χ4n) is 1.83. The molecule has 0 amide bonds. The van der Waals surface area contributed by atoms with E-state index < -0.39 is 5.60 Å². The summed E-state index contributed by atoms with van der Waals surface area (Å²) in [6.45, 7) is 2.54. The Morgan fingerprint density at radius 1 is 1.67 bits per heavy atom. The number of aromatic nitrogens is 1. The minimum atomic E-state index is -0.749. The first-order chi connectivity index (χ1) is 7.10. The van der Waals surface area contributed by atoms with Crippen LogP contribution in [0.2, 0.25) is 0 Å². The molecular formula is C11H14BrNO2. The van der Waals surface area contributed by atoms with E-state index in [1.807, 2.05) is 19.1 Å². The van der Waals surface area contributed by atoms with Crippen molar-refractivity contribution in [3.05, 3.63) is 28.5 Å². The van der Waals surface area contributed by atoms with Crippen molar-refractivity contribution in [3.63, 3.8) is 0 Å². The molecule has 1 N–H and O–H groups in total. The Kier molecular flexibility index (Phi) is 3.09. The lowest BCUT2D eigenvalue weighted by Crippen LogP contribution is -2.38. The highest BCUT2D eigenvalue weighted by Crippen LogP contribution is 2.28. The number of pyridine rings is 1. The lowest BCUT2D eigenvalue weighted by molar-refractivity contribution is -0.0274. The van der Waals surface area contributed by atoms with Crippen LogP contribution in [0.5, 0.6) is 0 Å². The van der Waals surface area contributed by atoms with Gasteiger partial charge in [-0.05, 0) is 35.0 Å². The van der Waals surface area contributed by atoms with Crippen LogP contribution >= 0.6 is 15.9 Å². The van der Waals surface area contributed by atoms with Crippen molar-refractivity contribution in [2.24, 2.45) is 0 Å². The Hall–Kier alpha value is -0.450. The van der Waals surface area contributed by atoms with E-state index in [4.69, 9.17) is 4.74 Å². The van der Waals surface area contributed by atoms with E-state index in [0.29, 0.717) is 19.4 Å². The van der Waals surface area contributed by atoms with Crippen LogP contribution in [0.25, 0.3) is 0 Å². The lowest BCUT2D eigenvalue weighted by Gasteiger charge is -2.25. The minimum Gasteiger partial charge on any atom is -0.387 e. The molecule has 1 saturated heterocycles. The summed E-state index contributed by atoms with van der Waals surface area (Å²) in [6, 6.07) is 3.86. The third kappa shape index (κ3) is 2.38. The van der Waals surface area contributed by atoms with Gasteiger partial charge in [0.25, 0.3) is 0 Å². The highest BCUT2D eigenvalue weighted by Gasteiger charge is 2.39. The Balaban J connectivity index is 2.11. The van der Waals surface area contributed by atoms with E-state index in [1.54, 1.807) is 6.20 Å². The van der Waals surface area contributed by atoms with Crippen molar-refractivity contribution in [3.8, 4) is 0 Å². The van der Waals surface area contributed by atoms with E-state index in [9.17, 15) is 5.11 Å². The molecule has 1 aromatic rings. The molecule has 0 aliphatic carbocycles. The zero-order valence-electron chi connectivity index (χ0n) is 8.61. The van der Waals surface area contributed by atoms with Crippen LogP contribution in [0.3, 0.4) is 0 Å². The molecule has 4 heteroatoms. The van der Waals surface area contributed by atoms with Crippen molar-refractivity contribution < 1.29 is 9.84 Å². The fourth-order valence-corrected chi connectivity index (χ4v) is 2.06. The van der Waals surface area contributed by atoms with Crippen molar-refractivity contribution in [2.45, 2.75) is 31.5 Å². The number of rotatable bonds is 2. The minimum absolute atomic E-state index is 0.108. The summed E-state index contributed by atoms with van der Waals surface area (Å²) in [7, 11) is 0. The van der Waals surface area contributed by atoms with Gasteiger partial charge in [0.05, 0.1) is 11.7 Å². The fraction of sp³-hybridized carbons (Fsp3) is 0.545. The summed E-state index contributed by atoms with van der Waals surface area (Å²) in [5, 5.41) is 10.3. The standard InChI is InChI=1S/C11H14BrNO2/c1-8-11(14,4-5-15-8)6-10-3-2-9(12)7-13-10/h2-3,7-8,14H,4-6H2,1H3. The first kappa shape index (κ1) is 11.0. The normalized spacial score (nSPS) is 30.7.